The Labute approximate surface area is 162 Å². The van der Waals surface area contributed by atoms with Gasteiger partial charge in [-0.25, -0.2) is 10.5 Å². The van der Waals surface area contributed by atoms with Gasteiger partial charge in [-0.05, 0) is 18.9 Å². The Bertz CT molecular complexity index is 852. The number of amides is 1. The number of nitrogens with one attached hydrogen (secondary N) is 4. The summed E-state index contributed by atoms with van der Waals surface area (Å²) < 4.78 is 1.36. The number of aryl methyl sites for hydroxylation is 1. The lowest BCUT2D eigenvalue weighted by Gasteiger charge is -2.12. The molecule has 1 heterocycles. The first kappa shape index (κ1) is 20.9. The maximum atomic E-state index is 12.6. The van der Waals surface area contributed by atoms with Crippen molar-refractivity contribution in [2.45, 2.75) is 19.9 Å². The molecule has 0 bridgehead atoms. The van der Waals surface area contributed by atoms with E-state index >= 15 is 0 Å². The van der Waals surface area contributed by atoms with E-state index in [4.69, 9.17) is 16.0 Å². The Morgan fingerprint density at radius 1 is 1.29 bits per heavy atom. The lowest BCUT2D eigenvalue weighted by Crippen LogP contribution is -2.37. The first-order chi connectivity index (χ1) is 13.5. The predicted octanol–water partition coefficient (Wildman–Crippen LogP) is -0.263. The number of anilines is 1. The monoisotopic (exact) mass is 387 g/mol. The zero-order valence-electron chi connectivity index (χ0n) is 15.7. The smallest absolute Gasteiger partial charge is 0.293 e. The summed E-state index contributed by atoms with van der Waals surface area (Å²) in [5.41, 5.74) is 8.62. The molecule has 0 spiro atoms. The molecule has 28 heavy (non-hydrogen) atoms. The maximum Gasteiger partial charge on any atom is 0.293 e. The summed E-state index contributed by atoms with van der Waals surface area (Å²) >= 11 is 0. The first-order valence-corrected chi connectivity index (χ1v) is 8.80. The fourth-order valence-electron chi connectivity index (χ4n) is 2.43. The van der Waals surface area contributed by atoms with Gasteiger partial charge in [0.05, 0.1) is 6.61 Å². The number of carbonyl (C=O) groups is 1. The van der Waals surface area contributed by atoms with Crippen LogP contribution in [0.2, 0.25) is 0 Å². The Kier molecular flexibility index (Phi) is 7.97. The van der Waals surface area contributed by atoms with Crippen molar-refractivity contribution in [1.29, 1.82) is 5.41 Å². The van der Waals surface area contributed by atoms with Crippen LogP contribution in [0.25, 0.3) is 0 Å². The number of hydroxylamine groups is 1. The van der Waals surface area contributed by atoms with Gasteiger partial charge in [0.25, 0.3) is 5.56 Å². The molecular weight excluding hydrogens is 362 g/mol. The molecule has 0 aliphatic heterocycles. The average Bonchev–Trinajstić information content (AvgIpc) is 2.67. The third-order valence-corrected chi connectivity index (χ3v) is 3.81. The van der Waals surface area contributed by atoms with Gasteiger partial charge >= 0.3 is 0 Å². The maximum absolute atomic E-state index is 12.6. The highest BCUT2D eigenvalue weighted by atomic mass is 16.6. The van der Waals surface area contributed by atoms with Gasteiger partial charge in [0.2, 0.25) is 11.9 Å². The zero-order valence-corrected chi connectivity index (χ0v) is 15.7. The van der Waals surface area contributed by atoms with Gasteiger partial charge in [-0.1, -0.05) is 30.3 Å². The quantitative estimate of drug-likeness (QED) is 0.163. The summed E-state index contributed by atoms with van der Waals surface area (Å²) in [5.74, 6) is -0.445. The molecule has 0 atom stereocenters. The van der Waals surface area contributed by atoms with Crippen LogP contribution < -0.4 is 27.4 Å². The fourth-order valence-corrected chi connectivity index (χ4v) is 2.43. The number of hydrogen-bond donors (Lipinski definition) is 5. The summed E-state index contributed by atoms with van der Waals surface area (Å²) in [7, 11) is 0. The molecule has 2 rings (SSSR count). The van der Waals surface area contributed by atoms with Crippen molar-refractivity contribution in [2.24, 2.45) is 5.73 Å². The van der Waals surface area contributed by atoms with E-state index in [-0.39, 0.29) is 42.9 Å². The van der Waals surface area contributed by atoms with E-state index in [2.05, 4.69) is 21.1 Å². The Morgan fingerprint density at radius 2 is 2.04 bits per heavy atom. The second kappa shape index (κ2) is 10.7. The van der Waals surface area contributed by atoms with Crippen LogP contribution in [-0.2, 0) is 22.6 Å². The van der Waals surface area contributed by atoms with Crippen LogP contribution in [0.15, 0.2) is 41.3 Å². The predicted molar refractivity (Wildman–Crippen MR) is 106 cm³/mol. The zero-order chi connectivity index (χ0) is 20.4. The van der Waals surface area contributed by atoms with Gasteiger partial charge in [-0.3, -0.25) is 24.4 Å². The summed E-state index contributed by atoms with van der Waals surface area (Å²) in [6.45, 7) is 2.49. The van der Waals surface area contributed by atoms with E-state index in [1.54, 1.807) is 13.1 Å². The van der Waals surface area contributed by atoms with Gasteiger partial charge in [0.15, 0.2) is 5.82 Å². The van der Waals surface area contributed by atoms with E-state index in [1.165, 1.54) is 4.57 Å². The van der Waals surface area contributed by atoms with Crippen LogP contribution in [-0.4, -0.2) is 41.1 Å². The van der Waals surface area contributed by atoms with Crippen LogP contribution >= 0.6 is 0 Å². The van der Waals surface area contributed by atoms with Crippen molar-refractivity contribution in [1.82, 2.24) is 20.3 Å². The lowest BCUT2D eigenvalue weighted by molar-refractivity contribution is -0.122. The molecular formula is C18H25N7O3. The molecule has 0 saturated heterocycles. The van der Waals surface area contributed by atoms with Crippen molar-refractivity contribution < 1.29 is 9.63 Å². The molecule has 10 nitrogen and oxygen atoms in total. The second-order valence-electron chi connectivity index (χ2n) is 6.02. The number of carbonyl (C=O) groups excluding carboxylic acids is 1. The van der Waals surface area contributed by atoms with Crippen LogP contribution in [0.5, 0.6) is 0 Å². The molecule has 1 aromatic carbocycles. The molecule has 1 aromatic heterocycles. The minimum atomic E-state index is -0.349. The van der Waals surface area contributed by atoms with Crippen molar-refractivity contribution in [3.05, 3.63) is 58.1 Å². The molecule has 6 N–H and O–H groups in total. The Balaban J connectivity index is 1.88. The van der Waals surface area contributed by atoms with E-state index in [9.17, 15) is 9.59 Å². The molecule has 0 aliphatic rings. The first-order valence-electron chi connectivity index (χ1n) is 8.80. The normalized spacial score (nSPS) is 10.3. The molecule has 0 aliphatic carbocycles. The molecule has 0 radical (unpaired) electrons. The minimum absolute atomic E-state index is 0.124. The van der Waals surface area contributed by atoms with E-state index in [0.29, 0.717) is 12.2 Å². The number of hydrogen-bond acceptors (Lipinski definition) is 6. The average molecular weight is 387 g/mol. The molecule has 0 unspecified atom stereocenters. The molecule has 150 valence electrons. The van der Waals surface area contributed by atoms with Gasteiger partial charge in [0, 0.05) is 25.0 Å². The molecule has 0 saturated carbocycles. The van der Waals surface area contributed by atoms with Gasteiger partial charge in [0.1, 0.15) is 6.54 Å². The second-order valence-corrected chi connectivity index (χ2v) is 6.02. The van der Waals surface area contributed by atoms with E-state index < -0.39 is 0 Å². The minimum Gasteiger partial charge on any atom is -0.368 e. The number of aromatic nitrogens is 2. The fraction of sp³-hybridized carbons (Fsp3) is 0.333. The van der Waals surface area contributed by atoms with Gasteiger partial charge in [-0.2, -0.15) is 0 Å². The summed E-state index contributed by atoms with van der Waals surface area (Å²) in [4.78, 5) is 33.7. The molecule has 1 amide bonds. The standard InChI is InChI=1S/C18H25N7O3/c1-13-11-23-16(22-8-7-14-5-3-2-4-6-14)17(27)25(13)12-15(26)21-9-10-28-24-18(19)20/h2-6,11H,7-10,12H2,1H3,(H,21,26)(H,22,23)(H4,19,20,24). The topological polar surface area (TPSA) is 147 Å². The van der Waals surface area contributed by atoms with Crippen molar-refractivity contribution in [3.8, 4) is 0 Å². The van der Waals surface area contributed by atoms with Crippen LogP contribution in [0, 0.1) is 12.3 Å². The third kappa shape index (κ3) is 6.72. The molecule has 0 fully saturated rings. The van der Waals surface area contributed by atoms with Crippen molar-refractivity contribution in [3.63, 3.8) is 0 Å². The van der Waals surface area contributed by atoms with E-state index in [0.717, 1.165) is 12.0 Å². The number of benzene rings is 1. The number of rotatable bonds is 10. The lowest BCUT2D eigenvalue weighted by atomic mass is 10.1. The number of nitrogens with two attached hydrogens (primary N) is 1. The number of nitrogens with zero attached hydrogens (tertiary/aromatic N) is 2. The third-order valence-electron chi connectivity index (χ3n) is 3.81. The highest BCUT2D eigenvalue weighted by molar-refractivity contribution is 5.75. The summed E-state index contributed by atoms with van der Waals surface area (Å²) in [6, 6.07) is 9.91. The van der Waals surface area contributed by atoms with Gasteiger partial charge in [-0.15, -0.1) is 0 Å². The van der Waals surface area contributed by atoms with Crippen LogP contribution in [0.1, 0.15) is 11.3 Å². The Hall–Kier alpha value is -3.40. The highest BCUT2D eigenvalue weighted by Crippen LogP contribution is 2.02. The Morgan fingerprint density at radius 3 is 2.75 bits per heavy atom. The molecule has 10 heteroatoms. The summed E-state index contributed by atoms with van der Waals surface area (Å²) in [5, 5.41) is 12.6. The molecule has 2 aromatic rings. The SMILES string of the molecule is Cc1cnc(NCCc2ccccc2)c(=O)n1CC(=O)NCCONC(=N)N. The largest absolute Gasteiger partial charge is 0.368 e. The van der Waals surface area contributed by atoms with Crippen LogP contribution in [0.3, 0.4) is 0 Å². The van der Waals surface area contributed by atoms with Crippen LogP contribution in [0.4, 0.5) is 5.82 Å². The summed E-state index contributed by atoms with van der Waals surface area (Å²) in [6.07, 6.45) is 2.31. The van der Waals surface area contributed by atoms with E-state index in [1.807, 2.05) is 30.3 Å². The van der Waals surface area contributed by atoms with Gasteiger partial charge < -0.3 is 16.4 Å². The van der Waals surface area contributed by atoms with Crippen molar-refractivity contribution >= 4 is 17.7 Å². The van der Waals surface area contributed by atoms with Crippen molar-refractivity contribution in [2.75, 3.05) is 25.0 Å². The highest BCUT2D eigenvalue weighted by Gasteiger charge is 2.11. The number of guanidine groups is 1.